The van der Waals surface area contributed by atoms with E-state index in [4.69, 9.17) is 11.5 Å². The standard InChI is InChI=1S/C8H11N3/c1-5-3-8(11-2)7(10)4-6(5)9/h3-4H,2,9-10H2,1H3. The topological polar surface area (TPSA) is 64.4 Å². The van der Waals surface area contributed by atoms with Crippen LogP contribution in [0.1, 0.15) is 5.56 Å². The Bertz CT molecular complexity index is 292. The van der Waals surface area contributed by atoms with Crippen LogP contribution in [0.2, 0.25) is 0 Å². The summed E-state index contributed by atoms with van der Waals surface area (Å²) in [5.41, 5.74) is 14.1. The van der Waals surface area contributed by atoms with Crippen molar-refractivity contribution in [2.75, 3.05) is 11.5 Å². The van der Waals surface area contributed by atoms with E-state index < -0.39 is 0 Å². The molecule has 0 aliphatic carbocycles. The summed E-state index contributed by atoms with van der Waals surface area (Å²) >= 11 is 0. The smallest absolute Gasteiger partial charge is 0.0855 e. The summed E-state index contributed by atoms with van der Waals surface area (Å²) in [7, 11) is 0. The molecule has 58 valence electrons. The lowest BCUT2D eigenvalue weighted by atomic mass is 10.1. The second-order valence-corrected chi connectivity index (χ2v) is 2.43. The van der Waals surface area contributed by atoms with Gasteiger partial charge in [0.1, 0.15) is 0 Å². The zero-order valence-corrected chi connectivity index (χ0v) is 6.46. The van der Waals surface area contributed by atoms with E-state index in [1.165, 1.54) is 0 Å². The van der Waals surface area contributed by atoms with Crippen molar-refractivity contribution in [3.63, 3.8) is 0 Å². The number of aliphatic imine (C=N–C) groups is 1. The molecule has 3 heteroatoms. The quantitative estimate of drug-likeness (QED) is 0.469. The minimum atomic E-state index is 0.572. The molecule has 3 nitrogen and oxygen atoms in total. The van der Waals surface area contributed by atoms with E-state index in [2.05, 4.69) is 11.7 Å². The fourth-order valence-corrected chi connectivity index (χ4v) is 0.864. The van der Waals surface area contributed by atoms with E-state index in [1.54, 1.807) is 6.07 Å². The van der Waals surface area contributed by atoms with Gasteiger partial charge in [-0.15, -0.1) is 0 Å². The number of hydrogen-bond donors (Lipinski definition) is 2. The SMILES string of the molecule is C=Nc1cc(C)c(N)cc1N. The first-order valence-electron chi connectivity index (χ1n) is 3.27. The summed E-state index contributed by atoms with van der Waals surface area (Å²) in [4.78, 5) is 3.74. The molecule has 4 N–H and O–H groups in total. The van der Waals surface area contributed by atoms with Gasteiger partial charge in [0, 0.05) is 5.69 Å². The Kier molecular flexibility index (Phi) is 1.81. The lowest BCUT2D eigenvalue weighted by Crippen LogP contribution is -1.93. The van der Waals surface area contributed by atoms with Crippen LogP contribution in [-0.4, -0.2) is 6.72 Å². The second kappa shape index (κ2) is 2.62. The Morgan fingerprint density at radius 1 is 1.27 bits per heavy atom. The molecule has 0 saturated heterocycles. The van der Waals surface area contributed by atoms with Crippen molar-refractivity contribution in [2.45, 2.75) is 6.92 Å². The van der Waals surface area contributed by atoms with Crippen molar-refractivity contribution in [3.05, 3.63) is 17.7 Å². The molecule has 0 radical (unpaired) electrons. The van der Waals surface area contributed by atoms with Crippen molar-refractivity contribution in [3.8, 4) is 0 Å². The number of nitrogens with zero attached hydrogens (tertiary/aromatic N) is 1. The molecule has 0 saturated carbocycles. The van der Waals surface area contributed by atoms with Crippen LogP contribution in [0, 0.1) is 6.92 Å². The van der Waals surface area contributed by atoms with Gasteiger partial charge in [-0.2, -0.15) is 0 Å². The number of hydrogen-bond acceptors (Lipinski definition) is 3. The number of rotatable bonds is 1. The van der Waals surface area contributed by atoms with E-state index in [9.17, 15) is 0 Å². The first kappa shape index (κ1) is 7.60. The third-order valence-electron chi connectivity index (χ3n) is 1.59. The van der Waals surface area contributed by atoms with Gasteiger partial charge in [0.15, 0.2) is 0 Å². The van der Waals surface area contributed by atoms with Gasteiger partial charge < -0.3 is 11.5 Å². The largest absolute Gasteiger partial charge is 0.398 e. The minimum absolute atomic E-state index is 0.572. The predicted molar refractivity (Wildman–Crippen MR) is 49.2 cm³/mol. The Labute approximate surface area is 65.7 Å². The number of aryl methyl sites for hydroxylation is 1. The molecule has 0 unspecified atom stereocenters. The van der Waals surface area contributed by atoms with Crippen LogP contribution < -0.4 is 11.5 Å². The predicted octanol–water partition coefficient (Wildman–Crippen LogP) is 1.49. The lowest BCUT2D eigenvalue weighted by Gasteiger charge is -2.03. The Morgan fingerprint density at radius 3 is 2.45 bits per heavy atom. The maximum absolute atomic E-state index is 5.60. The molecule has 1 rings (SSSR count). The van der Waals surface area contributed by atoms with E-state index >= 15 is 0 Å². The molecule has 11 heavy (non-hydrogen) atoms. The molecule has 0 aliphatic rings. The van der Waals surface area contributed by atoms with E-state index in [-0.39, 0.29) is 0 Å². The van der Waals surface area contributed by atoms with Crippen molar-refractivity contribution in [1.29, 1.82) is 0 Å². The third kappa shape index (κ3) is 1.32. The molecule has 0 atom stereocenters. The van der Waals surface area contributed by atoms with Crippen LogP contribution in [0.25, 0.3) is 0 Å². The number of nitrogens with two attached hydrogens (primary N) is 2. The van der Waals surface area contributed by atoms with Crippen LogP contribution in [0.15, 0.2) is 17.1 Å². The summed E-state index contributed by atoms with van der Waals surface area (Å²) in [5.74, 6) is 0. The lowest BCUT2D eigenvalue weighted by molar-refractivity contribution is 1.44. The number of anilines is 2. The van der Waals surface area contributed by atoms with Crippen molar-refractivity contribution >= 4 is 23.8 Å². The van der Waals surface area contributed by atoms with Crippen molar-refractivity contribution < 1.29 is 0 Å². The molecule has 0 heterocycles. The van der Waals surface area contributed by atoms with E-state index in [0.29, 0.717) is 17.1 Å². The molecule has 1 aromatic carbocycles. The zero-order chi connectivity index (χ0) is 8.43. The molecule has 0 amide bonds. The maximum Gasteiger partial charge on any atom is 0.0855 e. The van der Waals surface area contributed by atoms with Crippen molar-refractivity contribution in [1.82, 2.24) is 0 Å². The highest BCUT2D eigenvalue weighted by Crippen LogP contribution is 2.26. The van der Waals surface area contributed by atoms with Crippen LogP contribution in [0.3, 0.4) is 0 Å². The zero-order valence-electron chi connectivity index (χ0n) is 6.46. The maximum atomic E-state index is 5.60. The Hall–Kier alpha value is -1.51. The molecular weight excluding hydrogens is 138 g/mol. The minimum Gasteiger partial charge on any atom is -0.398 e. The van der Waals surface area contributed by atoms with Gasteiger partial charge >= 0.3 is 0 Å². The van der Waals surface area contributed by atoms with Crippen molar-refractivity contribution in [2.24, 2.45) is 4.99 Å². The molecule has 0 spiro atoms. The summed E-state index contributed by atoms with van der Waals surface area (Å²) in [5, 5.41) is 0. The molecule has 0 aromatic heterocycles. The van der Waals surface area contributed by atoms with Crippen LogP contribution in [0.4, 0.5) is 17.1 Å². The van der Waals surface area contributed by atoms with Gasteiger partial charge in [0.2, 0.25) is 0 Å². The first-order chi connectivity index (χ1) is 5.15. The Morgan fingerprint density at radius 2 is 1.91 bits per heavy atom. The van der Waals surface area contributed by atoms with E-state index in [1.807, 2.05) is 13.0 Å². The monoisotopic (exact) mass is 149 g/mol. The molecule has 0 aliphatic heterocycles. The summed E-state index contributed by atoms with van der Waals surface area (Å²) in [6.07, 6.45) is 0. The Balaban J connectivity index is 3.31. The van der Waals surface area contributed by atoms with Gasteiger partial charge in [-0.05, 0) is 31.3 Å². The molecule has 1 aromatic rings. The van der Waals surface area contributed by atoms with Gasteiger partial charge in [-0.25, -0.2) is 0 Å². The highest BCUT2D eigenvalue weighted by molar-refractivity contribution is 5.72. The number of benzene rings is 1. The van der Waals surface area contributed by atoms with E-state index in [0.717, 1.165) is 5.56 Å². The normalized spacial score (nSPS) is 9.55. The first-order valence-corrected chi connectivity index (χ1v) is 3.27. The molecular formula is C8H11N3. The fourth-order valence-electron chi connectivity index (χ4n) is 0.864. The summed E-state index contributed by atoms with van der Waals surface area (Å²) in [6.45, 7) is 5.30. The highest BCUT2D eigenvalue weighted by Gasteiger charge is 1.99. The fraction of sp³-hybridized carbons (Fsp3) is 0.125. The van der Waals surface area contributed by atoms with Crippen LogP contribution in [0.5, 0.6) is 0 Å². The van der Waals surface area contributed by atoms with Crippen LogP contribution >= 0.6 is 0 Å². The second-order valence-electron chi connectivity index (χ2n) is 2.43. The molecule has 0 fully saturated rings. The average Bonchev–Trinajstić information content (AvgIpc) is 1.97. The average molecular weight is 149 g/mol. The summed E-state index contributed by atoms with van der Waals surface area (Å²) < 4.78 is 0. The van der Waals surface area contributed by atoms with Crippen LogP contribution in [-0.2, 0) is 0 Å². The van der Waals surface area contributed by atoms with Gasteiger partial charge in [0.05, 0.1) is 11.4 Å². The van der Waals surface area contributed by atoms with Gasteiger partial charge in [-0.3, -0.25) is 4.99 Å². The molecule has 0 bridgehead atoms. The summed E-state index contributed by atoms with van der Waals surface area (Å²) in [6, 6.07) is 3.51. The van der Waals surface area contributed by atoms with Gasteiger partial charge in [0.25, 0.3) is 0 Å². The highest BCUT2D eigenvalue weighted by atomic mass is 14.8. The van der Waals surface area contributed by atoms with Gasteiger partial charge in [-0.1, -0.05) is 0 Å². The third-order valence-corrected chi connectivity index (χ3v) is 1.59. The number of nitrogen functional groups attached to an aromatic ring is 2.